The predicted octanol–water partition coefficient (Wildman–Crippen LogP) is 4.69. The highest BCUT2D eigenvalue weighted by Crippen LogP contribution is 2.35. The lowest BCUT2D eigenvalue weighted by molar-refractivity contribution is -0.137. The second-order valence-corrected chi connectivity index (χ2v) is 8.08. The van der Waals surface area contributed by atoms with Gasteiger partial charge in [-0.25, -0.2) is 4.98 Å². The van der Waals surface area contributed by atoms with Gasteiger partial charge in [-0.3, -0.25) is 4.79 Å². The number of methoxy groups -OCH3 is 1. The van der Waals surface area contributed by atoms with Gasteiger partial charge in [0.25, 0.3) is 0 Å². The van der Waals surface area contributed by atoms with Crippen molar-refractivity contribution < 1.29 is 19.4 Å². The highest BCUT2D eigenvalue weighted by molar-refractivity contribution is 6.30. The van der Waals surface area contributed by atoms with Gasteiger partial charge in [-0.05, 0) is 49.6 Å². The molecule has 1 saturated heterocycles. The second-order valence-electron chi connectivity index (χ2n) is 7.64. The van der Waals surface area contributed by atoms with Gasteiger partial charge in [-0.15, -0.1) is 0 Å². The molecule has 0 radical (unpaired) electrons. The molecule has 0 aliphatic carbocycles. The highest BCUT2D eigenvalue weighted by Gasteiger charge is 2.24. The van der Waals surface area contributed by atoms with Crippen LogP contribution in [-0.4, -0.2) is 55.6 Å². The number of carboxylic acid groups (broad SMARTS) is 1. The van der Waals surface area contributed by atoms with Gasteiger partial charge in [0.1, 0.15) is 5.82 Å². The Morgan fingerprint density at radius 1 is 1.35 bits per heavy atom. The first kappa shape index (κ1) is 23.3. The number of aliphatic carboxylic acids is 1. The van der Waals surface area contributed by atoms with E-state index in [9.17, 15) is 9.90 Å². The van der Waals surface area contributed by atoms with Crippen molar-refractivity contribution in [3.05, 3.63) is 47.1 Å². The molecule has 1 aromatic carbocycles. The standard InChI is InChI=1S/C23H30ClN3O4/c1-3-27(19-8-10-31-11-9-19)21-6-4-16(17(15-30-2)13-23(28)29)12-20(21)26-22-7-5-18(24)14-25-22/h4-7,12,14,17,19H,3,8-11,13,15H2,1-2H3,(H,25,26)(H,28,29). The van der Waals surface area contributed by atoms with E-state index in [0.29, 0.717) is 23.5 Å². The summed E-state index contributed by atoms with van der Waals surface area (Å²) in [4.78, 5) is 18.1. The number of nitrogens with one attached hydrogen (secondary N) is 1. The minimum Gasteiger partial charge on any atom is -0.481 e. The Bertz CT molecular complexity index is 856. The van der Waals surface area contributed by atoms with Crippen molar-refractivity contribution in [3.63, 3.8) is 0 Å². The number of ether oxygens (including phenoxy) is 2. The Morgan fingerprint density at radius 3 is 2.74 bits per heavy atom. The number of benzene rings is 1. The lowest BCUT2D eigenvalue weighted by Crippen LogP contribution is -2.39. The minimum atomic E-state index is -0.850. The van der Waals surface area contributed by atoms with Gasteiger partial charge in [0.2, 0.25) is 0 Å². The largest absolute Gasteiger partial charge is 0.481 e. The molecule has 7 nitrogen and oxygen atoms in total. The van der Waals surface area contributed by atoms with Crippen LogP contribution in [0.1, 0.15) is 37.7 Å². The zero-order chi connectivity index (χ0) is 22.2. The van der Waals surface area contributed by atoms with Crippen LogP contribution in [0.5, 0.6) is 0 Å². The van der Waals surface area contributed by atoms with E-state index in [2.05, 4.69) is 28.2 Å². The third kappa shape index (κ3) is 6.32. The fourth-order valence-corrected chi connectivity index (χ4v) is 4.16. The van der Waals surface area contributed by atoms with Crippen molar-refractivity contribution in [2.45, 2.75) is 38.1 Å². The Morgan fingerprint density at radius 2 is 2.13 bits per heavy atom. The zero-order valence-electron chi connectivity index (χ0n) is 18.0. The minimum absolute atomic E-state index is 0.00325. The van der Waals surface area contributed by atoms with Gasteiger partial charge >= 0.3 is 5.97 Å². The van der Waals surface area contributed by atoms with Crippen molar-refractivity contribution in [2.75, 3.05) is 43.7 Å². The lowest BCUT2D eigenvalue weighted by atomic mass is 9.95. The first-order valence-corrected chi connectivity index (χ1v) is 11.0. The molecule has 31 heavy (non-hydrogen) atoms. The quantitative estimate of drug-likeness (QED) is 0.546. The third-order valence-electron chi connectivity index (χ3n) is 5.55. The van der Waals surface area contributed by atoms with Crippen LogP contribution < -0.4 is 10.2 Å². The number of hydrogen-bond donors (Lipinski definition) is 2. The Labute approximate surface area is 188 Å². The summed E-state index contributed by atoms with van der Waals surface area (Å²) in [7, 11) is 1.59. The van der Waals surface area contributed by atoms with E-state index in [-0.39, 0.29) is 12.3 Å². The molecule has 2 N–H and O–H groups in total. The normalized spacial score (nSPS) is 15.5. The topological polar surface area (TPSA) is 83.9 Å². The van der Waals surface area contributed by atoms with E-state index in [4.69, 9.17) is 21.1 Å². The molecule has 2 heterocycles. The van der Waals surface area contributed by atoms with Crippen LogP contribution in [-0.2, 0) is 14.3 Å². The van der Waals surface area contributed by atoms with Gasteiger partial charge in [-0.2, -0.15) is 0 Å². The van der Waals surface area contributed by atoms with E-state index in [1.165, 1.54) is 0 Å². The number of aromatic nitrogens is 1. The Balaban J connectivity index is 1.99. The third-order valence-corrected chi connectivity index (χ3v) is 5.78. The molecule has 1 aliphatic heterocycles. The molecule has 1 atom stereocenters. The summed E-state index contributed by atoms with van der Waals surface area (Å²) >= 11 is 5.99. The van der Waals surface area contributed by atoms with Crippen LogP contribution in [0.25, 0.3) is 0 Å². The number of hydrogen-bond acceptors (Lipinski definition) is 6. The Kier molecular flexibility index (Phi) is 8.51. The molecular weight excluding hydrogens is 418 g/mol. The maximum absolute atomic E-state index is 11.4. The average molecular weight is 448 g/mol. The molecule has 0 amide bonds. The van der Waals surface area contributed by atoms with Crippen LogP contribution >= 0.6 is 11.6 Å². The lowest BCUT2D eigenvalue weighted by Gasteiger charge is -2.36. The van der Waals surface area contributed by atoms with Crippen molar-refractivity contribution in [3.8, 4) is 0 Å². The van der Waals surface area contributed by atoms with Crippen molar-refractivity contribution in [1.82, 2.24) is 4.98 Å². The maximum atomic E-state index is 11.4. The van der Waals surface area contributed by atoms with E-state index < -0.39 is 5.97 Å². The molecule has 2 aromatic rings. The van der Waals surface area contributed by atoms with E-state index in [1.54, 1.807) is 19.4 Å². The molecule has 8 heteroatoms. The van der Waals surface area contributed by atoms with Crippen LogP contribution in [0.15, 0.2) is 36.5 Å². The molecule has 3 rings (SSSR count). The molecule has 0 saturated carbocycles. The van der Waals surface area contributed by atoms with E-state index in [0.717, 1.165) is 49.5 Å². The molecule has 1 aromatic heterocycles. The molecule has 1 unspecified atom stereocenters. The van der Waals surface area contributed by atoms with Gasteiger partial charge in [-0.1, -0.05) is 17.7 Å². The van der Waals surface area contributed by atoms with Gasteiger partial charge in [0.15, 0.2) is 0 Å². The predicted molar refractivity (Wildman–Crippen MR) is 123 cm³/mol. The summed E-state index contributed by atoms with van der Waals surface area (Å²) in [6, 6.07) is 10.1. The van der Waals surface area contributed by atoms with Crippen molar-refractivity contribution in [1.29, 1.82) is 0 Å². The summed E-state index contributed by atoms with van der Waals surface area (Å²) in [6.07, 6.45) is 3.55. The summed E-state index contributed by atoms with van der Waals surface area (Å²) in [5.74, 6) is -0.418. The summed E-state index contributed by atoms with van der Waals surface area (Å²) in [5, 5.41) is 13.3. The maximum Gasteiger partial charge on any atom is 0.304 e. The number of nitrogens with zero attached hydrogens (tertiary/aromatic N) is 2. The number of carboxylic acids is 1. The number of halogens is 1. The number of pyridine rings is 1. The fraction of sp³-hybridized carbons (Fsp3) is 0.478. The molecular formula is C23H30ClN3O4. The molecule has 168 valence electrons. The number of carbonyl (C=O) groups is 1. The average Bonchev–Trinajstić information content (AvgIpc) is 2.77. The zero-order valence-corrected chi connectivity index (χ0v) is 18.8. The summed E-state index contributed by atoms with van der Waals surface area (Å²) in [6.45, 7) is 4.85. The molecule has 0 bridgehead atoms. The molecule has 1 fully saturated rings. The first-order chi connectivity index (χ1) is 15.0. The summed E-state index contributed by atoms with van der Waals surface area (Å²) in [5.41, 5.74) is 2.85. The number of anilines is 3. The van der Waals surface area contributed by atoms with Gasteiger partial charge < -0.3 is 24.8 Å². The van der Waals surface area contributed by atoms with E-state index >= 15 is 0 Å². The van der Waals surface area contributed by atoms with E-state index in [1.807, 2.05) is 18.2 Å². The van der Waals surface area contributed by atoms with Crippen LogP contribution in [0.4, 0.5) is 17.2 Å². The number of rotatable bonds is 10. The van der Waals surface area contributed by atoms with Gasteiger partial charge in [0, 0.05) is 45.0 Å². The first-order valence-electron chi connectivity index (χ1n) is 10.6. The van der Waals surface area contributed by atoms with Crippen LogP contribution in [0, 0.1) is 0 Å². The smallest absolute Gasteiger partial charge is 0.304 e. The molecule has 0 spiro atoms. The molecule has 1 aliphatic rings. The van der Waals surface area contributed by atoms with Crippen molar-refractivity contribution >= 4 is 34.8 Å². The SMILES string of the molecule is CCN(c1ccc(C(COC)CC(=O)O)cc1Nc1ccc(Cl)cn1)C1CCOCC1. The van der Waals surface area contributed by atoms with Crippen LogP contribution in [0.2, 0.25) is 5.02 Å². The fourth-order valence-electron chi connectivity index (χ4n) is 4.05. The van der Waals surface area contributed by atoms with Gasteiger partial charge in [0.05, 0.1) is 29.4 Å². The van der Waals surface area contributed by atoms with Crippen LogP contribution in [0.3, 0.4) is 0 Å². The Hall–Kier alpha value is -2.35. The highest BCUT2D eigenvalue weighted by atomic mass is 35.5. The second kappa shape index (κ2) is 11.3. The monoisotopic (exact) mass is 447 g/mol. The van der Waals surface area contributed by atoms with Crippen molar-refractivity contribution in [2.24, 2.45) is 0 Å². The summed E-state index contributed by atoms with van der Waals surface area (Å²) < 4.78 is 10.8.